The summed E-state index contributed by atoms with van der Waals surface area (Å²) in [5.74, 6) is 1.25. The van der Waals surface area contributed by atoms with Gasteiger partial charge in [-0.05, 0) is 70.8 Å². The van der Waals surface area contributed by atoms with E-state index in [0.717, 1.165) is 31.6 Å². The smallest absolute Gasteiger partial charge is 0.358 e. The predicted molar refractivity (Wildman–Crippen MR) is 115 cm³/mol. The monoisotopic (exact) mass is 449 g/mol. The lowest BCUT2D eigenvalue weighted by Gasteiger charge is -2.42. The van der Waals surface area contributed by atoms with Gasteiger partial charge in [-0.2, -0.15) is 0 Å². The second-order valence-electron chi connectivity index (χ2n) is 7.70. The summed E-state index contributed by atoms with van der Waals surface area (Å²) < 4.78 is 12.3. The number of carbonyl (C=O) groups excluding carboxylic acids is 2. The first kappa shape index (κ1) is 25.7. The zero-order chi connectivity index (χ0) is 19.4. The van der Waals surface area contributed by atoms with E-state index < -0.39 is 0 Å². The van der Waals surface area contributed by atoms with Crippen molar-refractivity contribution in [3.63, 3.8) is 0 Å². The highest BCUT2D eigenvalue weighted by Crippen LogP contribution is 2.39. The molecular weight excluding hydrogens is 417 g/mol. The van der Waals surface area contributed by atoms with Crippen LogP contribution in [0.1, 0.15) is 55.7 Å². The van der Waals surface area contributed by atoms with Crippen LogP contribution in [0, 0.1) is 24.7 Å². The third-order valence-corrected chi connectivity index (χ3v) is 6.01. The van der Waals surface area contributed by atoms with E-state index in [1.165, 1.54) is 12.8 Å². The number of nitrogens with zero attached hydrogens (tertiary/aromatic N) is 2. The van der Waals surface area contributed by atoms with Gasteiger partial charge in [0.2, 0.25) is 0 Å². The van der Waals surface area contributed by atoms with Gasteiger partial charge in [0.15, 0.2) is 5.69 Å². The highest BCUT2D eigenvalue weighted by molar-refractivity contribution is 5.88. The van der Waals surface area contributed by atoms with E-state index in [2.05, 4.69) is 14.9 Å². The maximum Gasteiger partial charge on any atom is 0.358 e. The first-order valence-electron chi connectivity index (χ1n) is 10.1. The number of imidazole rings is 1. The number of nitrogens with one attached hydrogen (secondary N) is 1. The average Bonchev–Trinajstić information content (AvgIpc) is 3.02. The third-order valence-electron chi connectivity index (χ3n) is 6.01. The van der Waals surface area contributed by atoms with Crippen molar-refractivity contribution < 1.29 is 19.1 Å². The van der Waals surface area contributed by atoms with E-state index in [1.54, 1.807) is 13.3 Å². The molecule has 7 nitrogen and oxygen atoms in total. The van der Waals surface area contributed by atoms with Crippen LogP contribution in [0.25, 0.3) is 0 Å². The Morgan fingerprint density at radius 3 is 2.55 bits per heavy atom. The fraction of sp³-hybridized carbons (Fsp3) is 0.750. The molecule has 1 saturated heterocycles. The van der Waals surface area contributed by atoms with Crippen LogP contribution in [0.5, 0.6) is 0 Å². The molecule has 0 amide bonds. The molecule has 2 fully saturated rings. The molecule has 1 N–H and O–H groups in total. The van der Waals surface area contributed by atoms with Crippen molar-refractivity contribution in [2.75, 3.05) is 19.8 Å². The van der Waals surface area contributed by atoms with E-state index in [-0.39, 0.29) is 42.8 Å². The van der Waals surface area contributed by atoms with Gasteiger partial charge in [-0.25, -0.2) is 9.78 Å². The molecule has 0 radical (unpaired) electrons. The van der Waals surface area contributed by atoms with Crippen LogP contribution in [-0.4, -0.2) is 47.3 Å². The quantitative estimate of drug-likeness (QED) is 0.671. The second-order valence-corrected chi connectivity index (χ2v) is 7.70. The molecule has 0 unspecified atom stereocenters. The Bertz CT molecular complexity index is 683. The Morgan fingerprint density at radius 1 is 1.14 bits per heavy atom. The molecule has 29 heavy (non-hydrogen) atoms. The molecule has 166 valence electrons. The molecular formula is C20H33Cl2N3O4. The van der Waals surface area contributed by atoms with Crippen LogP contribution >= 0.6 is 24.8 Å². The molecule has 0 spiro atoms. The molecule has 1 aliphatic heterocycles. The summed E-state index contributed by atoms with van der Waals surface area (Å²) in [4.78, 5) is 28.3. The van der Waals surface area contributed by atoms with Gasteiger partial charge in [0.25, 0.3) is 0 Å². The Hall–Kier alpha value is -1.31. The molecule has 3 rings (SSSR count). The number of hydrogen-bond acceptors (Lipinski definition) is 6. The molecule has 1 aromatic rings. The first-order chi connectivity index (χ1) is 13.0. The lowest BCUT2D eigenvalue weighted by molar-refractivity contribution is -0.147. The largest absolute Gasteiger partial charge is 0.465 e. The van der Waals surface area contributed by atoms with Crippen molar-refractivity contribution in [1.29, 1.82) is 0 Å². The van der Waals surface area contributed by atoms with Crippen LogP contribution in [0.3, 0.4) is 0 Å². The number of ether oxygens (including phenoxy) is 2. The number of hydrogen-bond donors (Lipinski definition) is 1. The number of halogens is 2. The maximum absolute atomic E-state index is 12.1. The van der Waals surface area contributed by atoms with Crippen molar-refractivity contribution in [2.24, 2.45) is 17.8 Å². The van der Waals surface area contributed by atoms with Crippen molar-refractivity contribution in [2.45, 2.75) is 59.0 Å². The van der Waals surface area contributed by atoms with Gasteiger partial charge in [-0.1, -0.05) is 0 Å². The Kier molecular flexibility index (Phi) is 10.4. The van der Waals surface area contributed by atoms with Crippen molar-refractivity contribution in [3.05, 3.63) is 17.7 Å². The van der Waals surface area contributed by atoms with Crippen LogP contribution in [0.15, 0.2) is 6.33 Å². The molecule has 0 bridgehead atoms. The summed E-state index contributed by atoms with van der Waals surface area (Å²) in [6, 6.07) is -0.171. The Labute approximate surface area is 185 Å². The van der Waals surface area contributed by atoms with E-state index in [0.29, 0.717) is 36.7 Å². The molecule has 9 heteroatoms. The lowest BCUT2D eigenvalue weighted by Crippen LogP contribution is -2.50. The second kappa shape index (κ2) is 11.8. The summed E-state index contributed by atoms with van der Waals surface area (Å²) in [5, 5.41) is 3.36. The molecule has 2 heterocycles. The van der Waals surface area contributed by atoms with Crippen LogP contribution < -0.4 is 5.32 Å². The number of esters is 2. The fourth-order valence-electron chi connectivity index (χ4n) is 4.55. The summed E-state index contributed by atoms with van der Waals surface area (Å²) in [6.45, 7) is 8.11. The molecule has 1 saturated carbocycles. The minimum atomic E-state index is -0.354. The van der Waals surface area contributed by atoms with Gasteiger partial charge in [-0.3, -0.25) is 4.79 Å². The summed E-state index contributed by atoms with van der Waals surface area (Å²) >= 11 is 0. The Morgan fingerprint density at radius 2 is 1.86 bits per heavy atom. The van der Waals surface area contributed by atoms with E-state index in [9.17, 15) is 9.59 Å². The number of piperidine rings is 1. The average molecular weight is 450 g/mol. The zero-order valence-corrected chi connectivity index (χ0v) is 19.0. The van der Waals surface area contributed by atoms with Crippen molar-refractivity contribution in [3.8, 4) is 0 Å². The third kappa shape index (κ3) is 6.09. The topological polar surface area (TPSA) is 82.5 Å². The lowest BCUT2D eigenvalue weighted by atomic mass is 9.69. The summed E-state index contributed by atoms with van der Waals surface area (Å²) in [5.41, 5.74) is 1.28. The standard InChI is InChI=1S/C20H31N3O4.2ClH/c1-4-26-19(24)17-9-16-8-14(6-7-15(16)10-21-17)11-23-12-22-18(13(23)3)20(25)27-5-2;;/h12,14-17,21H,4-11H2,1-3H3;2*1H/t14-,15-,16+,17-;;/m0../s1. The summed E-state index contributed by atoms with van der Waals surface area (Å²) in [6.07, 6.45) is 6.05. The molecule has 2 aliphatic rings. The molecule has 4 atom stereocenters. The number of rotatable bonds is 6. The zero-order valence-electron chi connectivity index (χ0n) is 17.4. The normalized spacial score (nSPS) is 25.8. The van der Waals surface area contributed by atoms with E-state index in [1.807, 2.05) is 13.8 Å². The predicted octanol–water partition coefficient (Wildman–Crippen LogP) is 3.17. The van der Waals surface area contributed by atoms with Gasteiger partial charge < -0.3 is 19.4 Å². The Balaban J connectivity index is 0.00000210. The van der Waals surface area contributed by atoms with Gasteiger partial charge in [0.05, 0.1) is 19.5 Å². The van der Waals surface area contributed by atoms with Crippen molar-refractivity contribution in [1.82, 2.24) is 14.9 Å². The molecule has 1 aromatic heterocycles. The minimum absolute atomic E-state index is 0. The number of carbonyl (C=O) groups is 2. The van der Waals surface area contributed by atoms with Crippen LogP contribution in [-0.2, 0) is 20.8 Å². The van der Waals surface area contributed by atoms with Gasteiger partial charge in [0.1, 0.15) is 6.04 Å². The minimum Gasteiger partial charge on any atom is -0.465 e. The summed E-state index contributed by atoms with van der Waals surface area (Å²) in [7, 11) is 0. The molecule has 1 aliphatic carbocycles. The first-order valence-corrected chi connectivity index (χ1v) is 10.1. The van der Waals surface area contributed by atoms with Gasteiger partial charge in [0, 0.05) is 12.2 Å². The van der Waals surface area contributed by atoms with E-state index in [4.69, 9.17) is 9.47 Å². The number of fused-ring (bicyclic) bond motifs is 1. The highest BCUT2D eigenvalue weighted by Gasteiger charge is 2.38. The fourth-order valence-corrected chi connectivity index (χ4v) is 4.55. The highest BCUT2D eigenvalue weighted by atomic mass is 35.5. The van der Waals surface area contributed by atoms with Gasteiger partial charge >= 0.3 is 11.9 Å². The van der Waals surface area contributed by atoms with E-state index >= 15 is 0 Å². The maximum atomic E-state index is 12.1. The molecule has 0 aromatic carbocycles. The van der Waals surface area contributed by atoms with Crippen LogP contribution in [0.2, 0.25) is 0 Å². The number of aromatic nitrogens is 2. The SMILES string of the molecule is CCOC(=O)c1ncn(C[C@H]2CC[C@H]3CN[C@H](C(=O)OCC)C[C@H]3C2)c1C.Cl.Cl. The van der Waals surface area contributed by atoms with Crippen LogP contribution in [0.4, 0.5) is 0 Å². The van der Waals surface area contributed by atoms with Gasteiger partial charge in [-0.15, -0.1) is 24.8 Å². The van der Waals surface area contributed by atoms with Crippen molar-refractivity contribution >= 4 is 36.8 Å².